The Morgan fingerprint density at radius 1 is 1.44 bits per heavy atom. The first-order valence-electron chi connectivity index (χ1n) is 6.64. The number of hydrogen-bond acceptors (Lipinski definition) is 3. The highest BCUT2D eigenvalue weighted by atomic mass is 16.2. The van der Waals surface area contributed by atoms with Gasteiger partial charge in [-0.3, -0.25) is 9.78 Å². The fourth-order valence-corrected chi connectivity index (χ4v) is 1.94. The van der Waals surface area contributed by atoms with E-state index in [1.165, 1.54) is 0 Å². The lowest BCUT2D eigenvalue weighted by Crippen LogP contribution is -2.38. The highest BCUT2D eigenvalue weighted by molar-refractivity contribution is 5.99. The van der Waals surface area contributed by atoms with Crippen LogP contribution in [-0.4, -0.2) is 34.9 Å². The van der Waals surface area contributed by atoms with Crippen LogP contribution < -0.4 is 5.32 Å². The molecule has 100 valence electrons. The standard InChI is InChI=1S/C14H23N3O/c1-5-11(4)17(7-3)14(18)12-8-9-15-10-13(12)16-6-2/h8-11,16H,5-7H2,1-4H3. The van der Waals surface area contributed by atoms with E-state index in [0.717, 1.165) is 25.2 Å². The summed E-state index contributed by atoms with van der Waals surface area (Å²) in [5, 5.41) is 3.18. The monoisotopic (exact) mass is 249 g/mol. The lowest BCUT2D eigenvalue weighted by atomic mass is 10.1. The Morgan fingerprint density at radius 3 is 2.72 bits per heavy atom. The van der Waals surface area contributed by atoms with E-state index in [2.05, 4.69) is 24.1 Å². The van der Waals surface area contributed by atoms with Crippen LogP contribution in [0.4, 0.5) is 5.69 Å². The first kappa shape index (κ1) is 14.5. The van der Waals surface area contributed by atoms with Gasteiger partial charge >= 0.3 is 0 Å². The van der Waals surface area contributed by atoms with Gasteiger partial charge in [0.25, 0.3) is 5.91 Å². The van der Waals surface area contributed by atoms with E-state index in [9.17, 15) is 4.79 Å². The van der Waals surface area contributed by atoms with Crippen molar-refractivity contribution in [3.05, 3.63) is 24.0 Å². The Balaban J connectivity index is 3.01. The molecule has 1 aromatic heterocycles. The maximum Gasteiger partial charge on any atom is 0.256 e. The maximum absolute atomic E-state index is 12.5. The predicted octanol–water partition coefficient (Wildman–Crippen LogP) is 2.77. The molecule has 1 atom stereocenters. The predicted molar refractivity (Wildman–Crippen MR) is 74.9 cm³/mol. The number of nitrogens with one attached hydrogen (secondary N) is 1. The highest BCUT2D eigenvalue weighted by Crippen LogP contribution is 2.17. The van der Waals surface area contributed by atoms with E-state index in [1.54, 1.807) is 18.5 Å². The summed E-state index contributed by atoms with van der Waals surface area (Å²) >= 11 is 0. The summed E-state index contributed by atoms with van der Waals surface area (Å²) in [4.78, 5) is 18.5. The molecule has 0 aromatic carbocycles. The molecule has 0 spiro atoms. The molecular formula is C14H23N3O. The number of carbonyl (C=O) groups excluding carboxylic acids is 1. The van der Waals surface area contributed by atoms with Crippen molar-refractivity contribution in [1.29, 1.82) is 0 Å². The summed E-state index contributed by atoms with van der Waals surface area (Å²) in [5.41, 5.74) is 1.51. The van der Waals surface area contributed by atoms with Gasteiger partial charge in [-0.2, -0.15) is 0 Å². The largest absolute Gasteiger partial charge is 0.383 e. The van der Waals surface area contributed by atoms with Crippen molar-refractivity contribution < 1.29 is 4.79 Å². The van der Waals surface area contributed by atoms with Gasteiger partial charge in [-0.15, -0.1) is 0 Å². The quantitative estimate of drug-likeness (QED) is 0.843. The third-order valence-corrected chi connectivity index (χ3v) is 3.14. The second kappa shape index (κ2) is 6.99. The first-order valence-corrected chi connectivity index (χ1v) is 6.64. The van der Waals surface area contributed by atoms with Crippen molar-refractivity contribution in [1.82, 2.24) is 9.88 Å². The molecule has 0 radical (unpaired) electrons. The van der Waals surface area contributed by atoms with E-state index in [4.69, 9.17) is 0 Å². The second-order valence-corrected chi connectivity index (χ2v) is 4.30. The summed E-state index contributed by atoms with van der Waals surface area (Å²) in [5.74, 6) is 0.0743. The van der Waals surface area contributed by atoms with Crippen LogP contribution in [-0.2, 0) is 0 Å². The van der Waals surface area contributed by atoms with Gasteiger partial charge in [0.2, 0.25) is 0 Å². The molecule has 0 fully saturated rings. The van der Waals surface area contributed by atoms with Crippen LogP contribution in [0.3, 0.4) is 0 Å². The third kappa shape index (κ3) is 3.22. The third-order valence-electron chi connectivity index (χ3n) is 3.14. The molecule has 0 saturated heterocycles. The lowest BCUT2D eigenvalue weighted by Gasteiger charge is -2.28. The average Bonchev–Trinajstić information content (AvgIpc) is 2.40. The molecule has 1 amide bonds. The zero-order chi connectivity index (χ0) is 13.5. The van der Waals surface area contributed by atoms with Crippen molar-refractivity contribution in [2.75, 3.05) is 18.4 Å². The van der Waals surface area contributed by atoms with Gasteiger partial charge in [-0.1, -0.05) is 6.92 Å². The molecular weight excluding hydrogens is 226 g/mol. The smallest absolute Gasteiger partial charge is 0.256 e. The highest BCUT2D eigenvalue weighted by Gasteiger charge is 2.20. The Morgan fingerprint density at radius 2 is 2.17 bits per heavy atom. The molecule has 0 aliphatic heterocycles. The minimum Gasteiger partial charge on any atom is -0.383 e. The van der Waals surface area contributed by atoms with Gasteiger partial charge in [-0.05, 0) is 33.3 Å². The SMILES string of the molecule is CCNc1cnccc1C(=O)N(CC)C(C)CC. The van der Waals surface area contributed by atoms with Crippen LogP contribution in [0.5, 0.6) is 0 Å². The maximum atomic E-state index is 12.5. The van der Waals surface area contributed by atoms with Crippen LogP contribution >= 0.6 is 0 Å². The second-order valence-electron chi connectivity index (χ2n) is 4.30. The summed E-state index contributed by atoms with van der Waals surface area (Å²) in [6.07, 6.45) is 4.33. The molecule has 1 unspecified atom stereocenters. The van der Waals surface area contributed by atoms with Crippen LogP contribution in [0.1, 0.15) is 44.5 Å². The van der Waals surface area contributed by atoms with Crippen molar-refractivity contribution in [3.8, 4) is 0 Å². The summed E-state index contributed by atoms with van der Waals surface area (Å²) < 4.78 is 0. The number of hydrogen-bond donors (Lipinski definition) is 1. The van der Waals surface area contributed by atoms with Gasteiger partial charge in [0.05, 0.1) is 17.4 Å². The van der Waals surface area contributed by atoms with Crippen LogP contribution in [0.25, 0.3) is 0 Å². The molecule has 1 rings (SSSR count). The van der Waals surface area contributed by atoms with Gasteiger partial charge in [-0.25, -0.2) is 0 Å². The normalized spacial score (nSPS) is 12.0. The molecule has 18 heavy (non-hydrogen) atoms. The van der Waals surface area contributed by atoms with Crippen molar-refractivity contribution >= 4 is 11.6 Å². The minimum atomic E-state index is 0.0743. The molecule has 1 N–H and O–H groups in total. The number of pyridine rings is 1. The summed E-state index contributed by atoms with van der Waals surface area (Å²) in [6, 6.07) is 2.04. The first-order chi connectivity index (χ1) is 8.65. The van der Waals surface area contributed by atoms with E-state index in [1.807, 2.05) is 18.7 Å². The van der Waals surface area contributed by atoms with Crippen LogP contribution in [0, 0.1) is 0 Å². The molecule has 0 aliphatic rings. The van der Waals surface area contributed by atoms with Gasteiger partial charge < -0.3 is 10.2 Å². The molecule has 4 heteroatoms. The van der Waals surface area contributed by atoms with Gasteiger partial charge in [0, 0.05) is 25.3 Å². The minimum absolute atomic E-state index is 0.0743. The zero-order valence-corrected chi connectivity index (χ0v) is 11.7. The molecule has 4 nitrogen and oxygen atoms in total. The number of anilines is 1. The number of amides is 1. The van der Waals surface area contributed by atoms with Crippen molar-refractivity contribution in [2.24, 2.45) is 0 Å². The Bertz CT molecular complexity index is 392. The lowest BCUT2D eigenvalue weighted by molar-refractivity contribution is 0.0701. The topological polar surface area (TPSA) is 45.2 Å². The van der Waals surface area contributed by atoms with Crippen LogP contribution in [0.2, 0.25) is 0 Å². The fraction of sp³-hybridized carbons (Fsp3) is 0.571. The molecule has 0 bridgehead atoms. The number of aromatic nitrogens is 1. The Hall–Kier alpha value is -1.58. The average molecular weight is 249 g/mol. The van der Waals surface area contributed by atoms with Gasteiger partial charge in [0.1, 0.15) is 0 Å². The Labute approximate surface area is 109 Å². The van der Waals surface area contributed by atoms with E-state index >= 15 is 0 Å². The molecule has 1 heterocycles. The molecule has 0 aliphatic carbocycles. The van der Waals surface area contributed by atoms with Crippen molar-refractivity contribution in [3.63, 3.8) is 0 Å². The Kier molecular flexibility index (Phi) is 5.62. The number of rotatable bonds is 6. The summed E-state index contributed by atoms with van der Waals surface area (Å²) in [7, 11) is 0. The molecule has 0 saturated carbocycles. The van der Waals surface area contributed by atoms with E-state index in [0.29, 0.717) is 5.56 Å². The number of nitrogens with zero attached hydrogens (tertiary/aromatic N) is 2. The van der Waals surface area contributed by atoms with Gasteiger partial charge in [0.15, 0.2) is 0 Å². The van der Waals surface area contributed by atoms with Crippen molar-refractivity contribution in [2.45, 2.75) is 40.2 Å². The zero-order valence-electron chi connectivity index (χ0n) is 11.7. The molecule has 1 aromatic rings. The summed E-state index contributed by atoms with van der Waals surface area (Å²) in [6.45, 7) is 9.70. The van der Waals surface area contributed by atoms with Crippen LogP contribution in [0.15, 0.2) is 18.5 Å². The van der Waals surface area contributed by atoms with E-state index in [-0.39, 0.29) is 11.9 Å². The van der Waals surface area contributed by atoms with E-state index < -0.39 is 0 Å². The number of carbonyl (C=O) groups is 1. The fourth-order valence-electron chi connectivity index (χ4n) is 1.94.